The van der Waals surface area contributed by atoms with Crippen LogP contribution in [0, 0.1) is 12.3 Å². The molecule has 0 heterocycles. The molecule has 0 atom stereocenters. The Kier molecular flexibility index (Phi) is 4.48. The van der Waals surface area contributed by atoms with Crippen LogP contribution in [0.15, 0.2) is 48.5 Å². The summed E-state index contributed by atoms with van der Waals surface area (Å²) in [6.45, 7) is 1.90. The maximum Gasteiger partial charge on any atom is 0.418 e. The number of alkyl halides is 3. The summed E-state index contributed by atoms with van der Waals surface area (Å²) >= 11 is 0. The van der Waals surface area contributed by atoms with Gasteiger partial charge in [-0.2, -0.15) is 13.2 Å². The van der Waals surface area contributed by atoms with Crippen molar-refractivity contribution in [3.63, 3.8) is 0 Å². The molecule has 0 bridgehead atoms. The van der Waals surface area contributed by atoms with E-state index in [4.69, 9.17) is 0 Å². The molecule has 2 aromatic rings. The summed E-state index contributed by atoms with van der Waals surface area (Å²) in [5, 5.41) is 4.94. The molecule has 2 amide bonds. The van der Waals surface area contributed by atoms with Crippen LogP contribution in [0.3, 0.4) is 0 Å². The first-order valence-electron chi connectivity index (χ1n) is 8.08. The zero-order chi connectivity index (χ0) is 18.9. The lowest BCUT2D eigenvalue weighted by molar-refractivity contribution is -0.137. The third-order valence-electron chi connectivity index (χ3n) is 4.41. The van der Waals surface area contributed by atoms with Gasteiger partial charge in [0.15, 0.2) is 0 Å². The van der Waals surface area contributed by atoms with Gasteiger partial charge in [0.05, 0.1) is 11.3 Å². The van der Waals surface area contributed by atoms with E-state index in [1.165, 1.54) is 18.2 Å². The van der Waals surface area contributed by atoms with Crippen molar-refractivity contribution in [1.29, 1.82) is 0 Å². The summed E-state index contributed by atoms with van der Waals surface area (Å²) in [5.74, 6) is -1.23. The first-order chi connectivity index (χ1) is 12.2. The molecule has 7 heteroatoms. The van der Waals surface area contributed by atoms with Crippen LogP contribution in [0.5, 0.6) is 0 Å². The molecule has 1 aliphatic carbocycles. The Morgan fingerprint density at radius 2 is 1.50 bits per heavy atom. The third-order valence-corrected chi connectivity index (χ3v) is 4.41. The SMILES string of the molecule is Cc1ccc(NC(=O)C2(C(=O)Nc3ccccc3C(F)(F)F)CC2)cc1. The van der Waals surface area contributed by atoms with E-state index in [2.05, 4.69) is 10.6 Å². The Hall–Kier alpha value is -2.83. The van der Waals surface area contributed by atoms with Gasteiger partial charge in [0.1, 0.15) is 5.41 Å². The highest BCUT2D eigenvalue weighted by atomic mass is 19.4. The molecule has 1 saturated carbocycles. The molecule has 2 aromatic carbocycles. The number of aryl methyl sites for hydroxylation is 1. The summed E-state index contributed by atoms with van der Waals surface area (Å²) in [4.78, 5) is 25.0. The molecule has 0 unspecified atom stereocenters. The predicted octanol–water partition coefficient (Wildman–Crippen LogP) is 4.37. The van der Waals surface area contributed by atoms with Crippen molar-refractivity contribution in [2.75, 3.05) is 10.6 Å². The number of para-hydroxylation sites is 1. The molecule has 2 N–H and O–H groups in total. The van der Waals surface area contributed by atoms with E-state index in [0.717, 1.165) is 11.6 Å². The fourth-order valence-corrected chi connectivity index (χ4v) is 2.65. The maximum absolute atomic E-state index is 13.1. The zero-order valence-corrected chi connectivity index (χ0v) is 14.0. The van der Waals surface area contributed by atoms with Gasteiger partial charge in [-0.25, -0.2) is 0 Å². The molecule has 0 saturated heterocycles. The van der Waals surface area contributed by atoms with Gasteiger partial charge >= 0.3 is 6.18 Å². The second-order valence-electron chi connectivity index (χ2n) is 6.40. The zero-order valence-electron chi connectivity index (χ0n) is 14.0. The molecule has 26 heavy (non-hydrogen) atoms. The third kappa shape index (κ3) is 3.56. The number of carbonyl (C=O) groups excluding carboxylic acids is 2. The van der Waals surface area contributed by atoms with Crippen molar-refractivity contribution in [2.24, 2.45) is 5.41 Å². The van der Waals surface area contributed by atoms with Crippen LogP contribution in [0.25, 0.3) is 0 Å². The number of benzene rings is 2. The van der Waals surface area contributed by atoms with E-state index in [9.17, 15) is 22.8 Å². The van der Waals surface area contributed by atoms with Crippen LogP contribution < -0.4 is 10.6 Å². The van der Waals surface area contributed by atoms with Crippen molar-refractivity contribution in [1.82, 2.24) is 0 Å². The van der Waals surface area contributed by atoms with E-state index in [0.29, 0.717) is 18.5 Å². The fraction of sp³-hybridized carbons (Fsp3) is 0.263. The number of carbonyl (C=O) groups is 2. The number of nitrogens with one attached hydrogen (secondary N) is 2. The lowest BCUT2D eigenvalue weighted by Gasteiger charge is -2.18. The largest absolute Gasteiger partial charge is 0.418 e. The van der Waals surface area contributed by atoms with Gasteiger partial charge in [-0.05, 0) is 44.0 Å². The lowest BCUT2D eigenvalue weighted by Crippen LogP contribution is -2.36. The molecule has 0 aliphatic heterocycles. The molecular formula is C19H17F3N2O2. The Morgan fingerprint density at radius 1 is 0.923 bits per heavy atom. The van der Waals surface area contributed by atoms with Crippen molar-refractivity contribution in [3.05, 3.63) is 59.7 Å². The summed E-state index contributed by atoms with van der Waals surface area (Å²) in [6.07, 6.45) is -4.00. The van der Waals surface area contributed by atoms with Gasteiger partial charge in [-0.15, -0.1) is 0 Å². The predicted molar refractivity (Wildman–Crippen MR) is 91.5 cm³/mol. The summed E-state index contributed by atoms with van der Waals surface area (Å²) in [5.41, 5.74) is -1.06. The number of halogens is 3. The monoisotopic (exact) mass is 362 g/mol. The molecular weight excluding hydrogens is 345 g/mol. The van der Waals surface area contributed by atoms with Crippen molar-refractivity contribution in [2.45, 2.75) is 25.9 Å². The van der Waals surface area contributed by atoms with E-state index in [1.54, 1.807) is 12.1 Å². The normalized spacial score (nSPS) is 15.2. The number of hydrogen-bond acceptors (Lipinski definition) is 2. The Morgan fingerprint density at radius 3 is 2.08 bits per heavy atom. The lowest BCUT2D eigenvalue weighted by atomic mass is 10.0. The van der Waals surface area contributed by atoms with Crippen LogP contribution in [0.4, 0.5) is 24.5 Å². The molecule has 0 spiro atoms. The van der Waals surface area contributed by atoms with Crippen LogP contribution in [-0.4, -0.2) is 11.8 Å². The molecule has 4 nitrogen and oxygen atoms in total. The van der Waals surface area contributed by atoms with Crippen molar-refractivity contribution in [3.8, 4) is 0 Å². The van der Waals surface area contributed by atoms with E-state index in [-0.39, 0.29) is 5.69 Å². The standard InChI is InChI=1S/C19H17F3N2O2/c1-12-6-8-13(9-7-12)23-16(25)18(10-11-18)17(26)24-15-5-3-2-4-14(15)19(20,21)22/h2-9H,10-11H2,1H3,(H,23,25)(H,24,26). The summed E-state index contributed by atoms with van der Waals surface area (Å²) in [7, 11) is 0. The number of amides is 2. The van der Waals surface area contributed by atoms with E-state index >= 15 is 0 Å². The van der Waals surface area contributed by atoms with Gasteiger partial charge in [-0.1, -0.05) is 29.8 Å². The van der Waals surface area contributed by atoms with Gasteiger partial charge in [-0.3, -0.25) is 9.59 Å². The van der Waals surface area contributed by atoms with Gasteiger partial charge in [0, 0.05) is 5.69 Å². The Bertz CT molecular complexity index is 841. The first-order valence-corrected chi connectivity index (χ1v) is 8.08. The molecule has 0 aromatic heterocycles. The smallest absolute Gasteiger partial charge is 0.325 e. The first kappa shape index (κ1) is 18.0. The van der Waals surface area contributed by atoms with Gasteiger partial charge in [0.2, 0.25) is 11.8 Å². The van der Waals surface area contributed by atoms with E-state index in [1.807, 2.05) is 19.1 Å². The van der Waals surface area contributed by atoms with Crippen LogP contribution in [-0.2, 0) is 15.8 Å². The second kappa shape index (κ2) is 6.48. The van der Waals surface area contributed by atoms with Crippen LogP contribution >= 0.6 is 0 Å². The fourth-order valence-electron chi connectivity index (χ4n) is 2.65. The average molecular weight is 362 g/mol. The van der Waals surface area contributed by atoms with Crippen LogP contribution in [0.2, 0.25) is 0 Å². The molecule has 1 fully saturated rings. The van der Waals surface area contributed by atoms with Gasteiger partial charge in [0.25, 0.3) is 0 Å². The molecule has 0 radical (unpaired) electrons. The van der Waals surface area contributed by atoms with E-state index < -0.39 is 29.0 Å². The Balaban J connectivity index is 1.76. The van der Waals surface area contributed by atoms with Crippen LogP contribution in [0.1, 0.15) is 24.0 Å². The highest BCUT2D eigenvalue weighted by Crippen LogP contribution is 2.48. The average Bonchev–Trinajstić information content (AvgIpc) is 3.38. The molecule has 3 rings (SSSR count). The molecule has 136 valence electrons. The summed E-state index contributed by atoms with van der Waals surface area (Å²) < 4.78 is 39.2. The number of hydrogen-bond donors (Lipinski definition) is 2. The minimum atomic E-state index is -4.59. The highest BCUT2D eigenvalue weighted by Gasteiger charge is 2.56. The second-order valence-corrected chi connectivity index (χ2v) is 6.40. The quantitative estimate of drug-likeness (QED) is 0.794. The topological polar surface area (TPSA) is 58.2 Å². The highest BCUT2D eigenvalue weighted by molar-refractivity contribution is 6.17. The maximum atomic E-state index is 13.1. The molecule has 1 aliphatic rings. The minimum absolute atomic E-state index is 0.296. The number of anilines is 2. The Labute approximate surface area is 148 Å². The van der Waals surface area contributed by atoms with Crippen molar-refractivity contribution >= 4 is 23.2 Å². The van der Waals surface area contributed by atoms with Crippen molar-refractivity contribution < 1.29 is 22.8 Å². The minimum Gasteiger partial charge on any atom is -0.325 e. The number of rotatable bonds is 4. The summed E-state index contributed by atoms with van der Waals surface area (Å²) in [6, 6.07) is 11.8. The van der Waals surface area contributed by atoms with Gasteiger partial charge < -0.3 is 10.6 Å².